The van der Waals surface area contributed by atoms with Crippen LogP contribution in [0.5, 0.6) is 0 Å². The maximum atomic E-state index is 3.57. The normalized spacial score (nSPS) is 11.7. The standard InChI is InChI=1S/C39H78Br2/c1-2-3-4-5-6-7-8-9-10-11-12-13-14-15-16-17-18-19-20-21-22-23-24-25-26-27-28-29-30-31-32-33-34-35-36-37-38-39(40)41/h39H,2-38H2,1H3. The minimum Gasteiger partial charge on any atom is -0.0765 e. The van der Waals surface area contributed by atoms with Crippen LogP contribution < -0.4 is 0 Å². The lowest BCUT2D eigenvalue weighted by Gasteiger charge is -2.05. The van der Waals surface area contributed by atoms with Gasteiger partial charge in [0.1, 0.15) is 0 Å². The van der Waals surface area contributed by atoms with Gasteiger partial charge in [-0.15, -0.1) is 0 Å². The molecule has 0 saturated carbocycles. The van der Waals surface area contributed by atoms with Crippen molar-refractivity contribution in [3.05, 3.63) is 0 Å². The Kier molecular flexibility index (Phi) is 39.9. The van der Waals surface area contributed by atoms with Gasteiger partial charge in [0, 0.05) is 0 Å². The summed E-state index contributed by atoms with van der Waals surface area (Å²) in [5.74, 6) is 0. The monoisotopic (exact) mass is 704 g/mol. The lowest BCUT2D eigenvalue weighted by Crippen LogP contribution is -1.86. The summed E-state index contributed by atoms with van der Waals surface area (Å²) < 4.78 is 0.521. The third kappa shape index (κ3) is 41.0. The Labute approximate surface area is 278 Å². The molecule has 0 unspecified atom stereocenters. The van der Waals surface area contributed by atoms with Crippen molar-refractivity contribution in [3.8, 4) is 0 Å². The maximum absolute atomic E-state index is 3.57. The van der Waals surface area contributed by atoms with Crippen molar-refractivity contribution in [2.75, 3.05) is 0 Å². The topological polar surface area (TPSA) is 0 Å². The van der Waals surface area contributed by atoms with Gasteiger partial charge in [-0.3, -0.25) is 0 Å². The van der Waals surface area contributed by atoms with Gasteiger partial charge in [-0.1, -0.05) is 270 Å². The molecule has 0 N–H and O–H groups in total. The molecule has 0 aliphatic heterocycles. The summed E-state index contributed by atoms with van der Waals surface area (Å²) in [7, 11) is 0. The molecule has 248 valence electrons. The zero-order valence-electron chi connectivity index (χ0n) is 28.5. The predicted molar refractivity (Wildman–Crippen MR) is 198 cm³/mol. The zero-order chi connectivity index (χ0) is 29.7. The molecule has 0 nitrogen and oxygen atoms in total. The molecule has 0 atom stereocenters. The minimum atomic E-state index is 0.521. The first kappa shape index (κ1) is 42.0. The second-order valence-electron chi connectivity index (χ2n) is 13.6. The van der Waals surface area contributed by atoms with Gasteiger partial charge in [0.15, 0.2) is 0 Å². The molecule has 41 heavy (non-hydrogen) atoms. The van der Waals surface area contributed by atoms with E-state index >= 15 is 0 Å². The van der Waals surface area contributed by atoms with Crippen LogP contribution in [0.25, 0.3) is 0 Å². The van der Waals surface area contributed by atoms with Crippen LogP contribution in [0.3, 0.4) is 0 Å². The van der Waals surface area contributed by atoms with Crippen molar-refractivity contribution in [1.29, 1.82) is 0 Å². The molecule has 0 aliphatic carbocycles. The summed E-state index contributed by atoms with van der Waals surface area (Å²) in [6, 6.07) is 0. The Balaban J connectivity index is 3.03. The summed E-state index contributed by atoms with van der Waals surface area (Å²) in [5, 5.41) is 0. The van der Waals surface area contributed by atoms with Crippen molar-refractivity contribution < 1.29 is 0 Å². The van der Waals surface area contributed by atoms with E-state index in [1.807, 2.05) is 0 Å². The van der Waals surface area contributed by atoms with Crippen LogP contribution in [-0.4, -0.2) is 3.74 Å². The van der Waals surface area contributed by atoms with E-state index in [1.54, 1.807) is 0 Å². The molecule has 0 amide bonds. The highest BCUT2D eigenvalue weighted by atomic mass is 79.9. The summed E-state index contributed by atoms with van der Waals surface area (Å²) in [6.45, 7) is 2.31. The lowest BCUT2D eigenvalue weighted by atomic mass is 10.0. The van der Waals surface area contributed by atoms with E-state index in [2.05, 4.69) is 38.8 Å². The highest BCUT2D eigenvalue weighted by molar-refractivity contribution is 9.24. The second-order valence-corrected chi connectivity index (χ2v) is 17.0. The van der Waals surface area contributed by atoms with Gasteiger partial charge >= 0.3 is 0 Å². The molecule has 0 aromatic carbocycles. The SMILES string of the molecule is CCCCCCCCCCCCCCCCCCCCCCCCCCCCCCCCCCCCCCC(Br)Br. The second kappa shape index (κ2) is 39.0. The molecule has 0 aromatic heterocycles. The molecule has 0 rings (SSSR count). The largest absolute Gasteiger partial charge is 0.0765 e. The fourth-order valence-corrected chi connectivity index (χ4v) is 7.03. The van der Waals surface area contributed by atoms with Gasteiger partial charge in [0.05, 0.1) is 3.74 Å². The van der Waals surface area contributed by atoms with E-state index in [0.717, 1.165) is 0 Å². The molecular formula is C39H78Br2. The first-order chi connectivity index (χ1) is 20.3. The Morgan fingerprint density at radius 2 is 0.390 bits per heavy atom. The van der Waals surface area contributed by atoms with Crippen LogP contribution in [0.1, 0.15) is 244 Å². The van der Waals surface area contributed by atoms with Crippen LogP contribution in [0.4, 0.5) is 0 Å². The maximum Gasteiger partial charge on any atom is 0.0697 e. The fraction of sp³-hybridized carbons (Fsp3) is 1.00. The van der Waals surface area contributed by atoms with Crippen molar-refractivity contribution >= 4 is 31.9 Å². The number of unbranched alkanes of at least 4 members (excludes halogenated alkanes) is 35. The van der Waals surface area contributed by atoms with Crippen LogP contribution in [0, 0.1) is 0 Å². The molecule has 0 fully saturated rings. The lowest BCUT2D eigenvalue weighted by molar-refractivity contribution is 0.510. The van der Waals surface area contributed by atoms with Gasteiger partial charge in [-0.05, 0) is 6.42 Å². The number of hydrogen-bond donors (Lipinski definition) is 0. The summed E-state index contributed by atoms with van der Waals surface area (Å²) >= 11 is 7.13. The van der Waals surface area contributed by atoms with E-state index in [4.69, 9.17) is 0 Å². The quantitative estimate of drug-likeness (QED) is 0.0446. The number of rotatable bonds is 37. The molecule has 0 saturated heterocycles. The van der Waals surface area contributed by atoms with E-state index in [9.17, 15) is 0 Å². The number of alkyl halides is 2. The van der Waals surface area contributed by atoms with Gasteiger partial charge in [0.25, 0.3) is 0 Å². The molecule has 0 bridgehead atoms. The Morgan fingerprint density at radius 1 is 0.244 bits per heavy atom. The molecule has 2 heteroatoms. The summed E-state index contributed by atoms with van der Waals surface area (Å²) in [6.07, 6.45) is 54.4. The van der Waals surface area contributed by atoms with Crippen LogP contribution in [-0.2, 0) is 0 Å². The molecule has 0 spiro atoms. The smallest absolute Gasteiger partial charge is 0.0697 e. The minimum absolute atomic E-state index is 0.521. The molecule has 0 aromatic rings. The van der Waals surface area contributed by atoms with Crippen molar-refractivity contribution in [3.63, 3.8) is 0 Å². The predicted octanol–water partition coefficient (Wildman–Crippen LogP) is 16.6. The average molecular weight is 707 g/mol. The van der Waals surface area contributed by atoms with Gasteiger partial charge in [0.2, 0.25) is 0 Å². The summed E-state index contributed by atoms with van der Waals surface area (Å²) in [5.41, 5.74) is 0. The third-order valence-corrected chi connectivity index (χ3v) is 10.2. The summed E-state index contributed by atoms with van der Waals surface area (Å²) in [4.78, 5) is 0. The van der Waals surface area contributed by atoms with Crippen LogP contribution in [0.15, 0.2) is 0 Å². The van der Waals surface area contributed by atoms with Crippen molar-refractivity contribution in [1.82, 2.24) is 0 Å². The van der Waals surface area contributed by atoms with Gasteiger partial charge in [-0.2, -0.15) is 0 Å². The van der Waals surface area contributed by atoms with Crippen molar-refractivity contribution in [2.45, 2.75) is 248 Å². The number of hydrogen-bond acceptors (Lipinski definition) is 0. The average Bonchev–Trinajstić information content (AvgIpc) is 2.97. The van der Waals surface area contributed by atoms with E-state index in [-0.39, 0.29) is 0 Å². The zero-order valence-corrected chi connectivity index (χ0v) is 31.7. The molecule has 0 heterocycles. The highest BCUT2D eigenvalue weighted by Crippen LogP contribution is 2.19. The van der Waals surface area contributed by atoms with E-state index in [1.165, 1.54) is 238 Å². The Hall–Kier alpha value is 0.960. The van der Waals surface area contributed by atoms with Crippen LogP contribution >= 0.6 is 31.9 Å². The number of halogens is 2. The van der Waals surface area contributed by atoms with Gasteiger partial charge in [-0.25, -0.2) is 0 Å². The highest BCUT2D eigenvalue weighted by Gasteiger charge is 1.99. The fourth-order valence-electron chi connectivity index (χ4n) is 6.38. The van der Waals surface area contributed by atoms with Crippen LogP contribution in [0.2, 0.25) is 0 Å². The van der Waals surface area contributed by atoms with Gasteiger partial charge < -0.3 is 0 Å². The molecule has 0 aliphatic rings. The van der Waals surface area contributed by atoms with E-state index in [0.29, 0.717) is 3.74 Å². The van der Waals surface area contributed by atoms with Crippen molar-refractivity contribution in [2.24, 2.45) is 0 Å². The molecule has 0 radical (unpaired) electrons. The Morgan fingerprint density at radius 3 is 0.537 bits per heavy atom. The van der Waals surface area contributed by atoms with E-state index < -0.39 is 0 Å². The molecular weight excluding hydrogens is 628 g/mol. The Bertz CT molecular complexity index is 435. The first-order valence-corrected chi connectivity index (χ1v) is 21.4. The third-order valence-electron chi connectivity index (χ3n) is 9.28. The first-order valence-electron chi connectivity index (χ1n) is 19.6.